The van der Waals surface area contributed by atoms with Gasteiger partial charge in [0, 0.05) is 31.9 Å². The van der Waals surface area contributed by atoms with Gasteiger partial charge in [-0.2, -0.15) is 5.10 Å². The van der Waals surface area contributed by atoms with Crippen LogP contribution in [0.5, 0.6) is 0 Å². The summed E-state index contributed by atoms with van der Waals surface area (Å²) in [6.45, 7) is 3.97. The van der Waals surface area contributed by atoms with Gasteiger partial charge in [0.05, 0.1) is 12.6 Å². The number of benzene rings is 1. The standard InChI is InChI=1S/C20H24N6O/c1-16-22-23-19-15-24(20(27)9-5-11-25-12-6-10-21-25)14-18(26(16)19)13-17-7-3-2-4-8-17/h2-4,6-8,10,12,18H,5,9,11,13-15H2,1H3/t18-/m1/s1. The zero-order valence-corrected chi connectivity index (χ0v) is 15.5. The summed E-state index contributed by atoms with van der Waals surface area (Å²) in [5.41, 5.74) is 1.26. The Bertz CT molecular complexity index is 887. The van der Waals surface area contributed by atoms with Gasteiger partial charge in [-0.05, 0) is 31.4 Å². The van der Waals surface area contributed by atoms with Crippen molar-refractivity contribution in [2.24, 2.45) is 0 Å². The van der Waals surface area contributed by atoms with Crippen molar-refractivity contribution in [3.63, 3.8) is 0 Å². The Balaban J connectivity index is 1.44. The van der Waals surface area contributed by atoms with E-state index in [2.05, 4.69) is 44.1 Å². The van der Waals surface area contributed by atoms with Crippen molar-refractivity contribution in [3.8, 4) is 0 Å². The average Bonchev–Trinajstić information content (AvgIpc) is 3.32. The number of amides is 1. The van der Waals surface area contributed by atoms with Crippen molar-refractivity contribution < 1.29 is 4.79 Å². The van der Waals surface area contributed by atoms with Crippen LogP contribution in [0, 0.1) is 6.92 Å². The fraction of sp³-hybridized carbons (Fsp3) is 0.400. The molecule has 7 nitrogen and oxygen atoms in total. The van der Waals surface area contributed by atoms with E-state index in [0.29, 0.717) is 19.5 Å². The van der Waals surface area contributed by atoms with Gasteiger partial charge in [-0.25, -0.2) is 0 Å². The molecular weight excluding hydrogens is 340 g/mol. The van der Waals surface area contributed by atoms with Crippen LogP contribution >= 0.6 is 0 Å². The molecule has 2 aromatic heterocycles. The molecule has 3 aromatic rings. The molecule has 0 aliphatic carbocycles. The van der Waals surface area contributed by atoms with Crippen LogP contribution in [0.2, 0.25) is 0 Å². The van der Waals surface area contributed by atoms with Crippen molar-refractivity contribution >= 4 is 5.91 Å². The molecule has 1 amide bonds. The van der Waals surface area contributed by atoms with E-state index in [4.69, 9.17) is 0 Å². The van der Waals surface area contributed by atoms with Crippen molar-refractivity contribution in [1.82, 2.24) is 29.4 Å². The highest BCUT2D eigenvalue weighted by atomic mass is 16.2. The molecule has 140 valence electrons. The predicted octanol–water partition coefficient (Wildman–Crippen LogP) is 2.39. The fourth-order valence-corrected chi connectivity index (χ4v) is 3.78. The van der Waals surface area contributed by atoms with Crippen molar-refractivity contribution in [2.45, 2.75) is 45.3 Å². The Morgan fingerprint density at radius 1 is 1.19 bits per heavy atom. The lowest BCUT2D eigenvalue weighted by Gasteiger charge is -2.34. The molecule has 0 saturated heterocycles. The predicted molar refractivity (Wildman–Crippen MR) is 101 cm³/mol. The third-order valence-corrected chi connectivity index (χ3v) is 5.07. The maximum Gasteiger partial charge on any atom is 0.223 e. The molecule has 3 heterocycles. The number of nitrogens with zero attached hydrogens (tertiary/aromatic N) is 6. The molecule has 1 aliphatic heterocycles. The lowest BCUT2D eigenvalue weighted by Crippen LogP contribution is -2.42. The van der Waals surface area contributed by atoms with E-state index in [1.54, 1.807) is 6.20 Å². The molecule has 1 aliphatic rings. The van der Waals surface area contributed by atoms with E-state index in [0.717, 1.165) is 31.0 Å². The average molecular weight is 364 g/mol. The molecule has 0 fully saturated rings. The second-order valence-electron chi connectivity index (χ2n) is 7.02. The molecule has 1 atom stereocenters. The first kappa shape index (κ1) is 17.5. The normalized spacial score (nSPS) is 16.3. The molecule has 4 rings (SSSR count). The molecule has 0 spiro atoms. The summed E-state index contributed by atoms with van der Waals surface area (Å²) in [5, 5.41) is 12.7. The Morgan fingerprint density at radius 3 is 2.81 bits per heavy atom. The number of rotatable bonds is 6. The van der Waals surface area contributed by atoms with Gasteiger partial charge in [0.15, 0.2) is 5.82 Å². The molecule has 1 aromatic carbocycles. The van der Waals surface area contributed by atoms with Gasteiger partial charge in [-0.3, -0.25) is 9.48 Å². The Morgan fingerprint density at radius 2 is 2.04 bits per heavy atom. The number of aromatic nitrogens is 5. The summed E-state index contributed by atoms with van der Waals surface area (Å²) < 4.78 is 4.06. The third kappa shape index (κ3) is 3.92. The third-order valence-electron chi connectivity index (χ3n) is 5.07. The summed E-state index contributed by atoms with van der Waals surface area (Å²) in [7, 11) is 0. The van der Waals surface area contributed by atoms with E-state index in [1.165, 1.54) is 5.56 Å². The van der Waals surface area contributed by atoms with Gasteiger partial charge in [-0.1, -0.05) is 30.3 Å². The second-order valence-corrected chi connectivity index (χ2v) is 7.02. The molecule has 27 heavy (non-hydrogen) atoms. The molecule has 0 bridgehead atoms. The second kappa shape index (κ2) is 7.73. The summed E-state index contributed by atoms with van der Waals surface area (Å²) >= 11 is 0. The van der Waals surface area contributed by atoms with Crippen LogP contribution < -0.4 is 0 Å². The Hall–Kier alpha value is -2.96. The fourth-order valence-electron chi connectivity index (χ4n) is 3.78. The van der Waals surface area contributed by atoms with E-state index in [9.17, 15) is 4.79 Å². The lowest BCUT2D eigenvalue weighted by molar-refractivity contribution is -0.133. The summed E-state index contributed by atoms with van der Waals surface area (Å²) in [6.07, 6.45) is 5.85. The van der Waals surface area contributed by atoms with Crippen LogP contribution in [0.15, 0.2) is 48.8 Å². The van der Waals surface area contributed by atoms with Crippen molar-refractivity contribution in [1.29, 1.82) is 0 Å². The number of hydrogen-bond acceptors (Lipinski definition) is 4. The molecule has 0 saturated carbocycles. The minimum atomic E-state index is 0.168. The first-order valence-corrected chi connectivity index (χ1v) is 9.40. The number of carbonyl (C=O) groups is 1. The summed E-state index contributed by atoms with van der Waals surface area (Å²) in [5.74, 6) is 1.96. The van der Waals surface area contributed by atoms with Crippen molar-refractivity contribution in [3.05, 3.63) is 66.0 Å². The van der Waals surface area contributed by atoms with E-state index >= 15 is 0 Å². The largest absolute Gasteiger partial charge is 0.333 e. The van der Waals surface area contributed by atoms with Gasteiger partial charge >= 0.3 is 0 Å². The maximum absolute atomic E-state index is 12.8. The van der Waals surface area contributed by atoms with Gasteiger partial charge in [0.1, 0.15) is 5.82 Å². The maximum atomic E-state index is 12.8. The van der Waals surface area contributed by atoms with Crippen LogP contribution in [-0.4, -0.2) is 41.9 Å². The first-order chi connectivity index (χ1) is 13.2. The number of fused-ring (bicyclic) bond motifs is 1. The quantitative estimate of drug-likeness (QED) is 0.673. The van der Waals surface area contributed by atoms with Crippen LogP contribution in [0.1, 0.15) is 36.1 Å². The highest BCUT2D eigenvalue weighted by Gasteiger charge is 2.30. The minimum absolute atomic E-state index is 0.168. The molecule has 7 heteroatoms. The molecule has 0 N–H and O–H groups in total. The zero-order valence-electron chi connectivity index (χ0n) is 15.5. The molecule has 0 radical (unpaired) electrons. The van der Waals surface area contributed by atoms with E-state index in [-0.39, 0.29) is 11.9 Å². The smallest absolute Gasteiger partial charge is 0.223 e. The van der Waals surface area contributed by atoms with E-state index < -0.39 is 0 Å². The molecular formula is C20H24N6O. The SMILES string of the molecule is Cc1nnc2n1[C@H](Cc1ccccc1)CN(C(=O)CCCn1cccn1)C2. The first-order valence-electron chi connectivity index (χ1n) is 9.40. The number of hydrogen-bond donors (Lipinski definition) is 0. The van der Waals surface area contributed by atoms with Crippen molar-refractivity contribution in [2.75, 3.05) is 6.54 Å². The van der Waals surface area contributed by atoms with Gasteiger partial charge in [-0.15, -0.1) is 10.2 Å². The summed E-state index contributed by atoms with van der Waals surface area (Å²) in [6, 6.07) is 12.5. The van der Waals surface area contributed by atoms with Gasteiger partial charge in [0.25, 0.3) is 0 Å². The zero-order chi connectivity index (χ0) is 18.6. The minimum Gasteiger partial charge on any atom is -0.333 e. The van der Waals surface area contributed by atoms with Crippen LogP contribution in [0.25, 0.3) is 0 Å². The van der Waals surface area contributed by atoms with Crippen LogP contribution in [-0.2, 0) is 24.3 Å². The lowest BCUT2D eigenvalue weighted by atomic mass is 10.0. The monoisotopic (exact) mass is 364 g/mol. The number of carbonyl (C=O) groups excluding carboxylic acids is 1. The number of aryl methyl sites for hydroxylation is 2. The topological polar surface area (TPSA) is 68.8 Å². The van der Waals surface area contributed by atoms with Crippen LogP contribution in [0.3, 0.4) is 0 Å². The van der Waals surface area contributed by atoms with Gasteiger partial charge < -0.3 is 9.47 Å². The molecule has 0 unspecified atom stereocenters. The van der Waals surface area contributed by atoms with Gasteiger partial charge in [0.2, 0.25) is 5.91 Å². The Labute approximate surface area is 158 Å². The Kier molecular flexibility index (Phi) is 5.00. The van der Waals surface area contributed by atoms with Crippen LogP contribution in [0.4, 0.5) is 0 Å². The summed E-state index contributed by atoms with van der Waals surface area (Å²) in [4.78, 5) is 14.7. The highest BCUT2D eigenvalue weighted by Crippen LogP contribution is 2.25. The van der Waals surface area contributed by atoms with E-state index in [1.807, 2.05) is 34.8 Å². The highest BCUT2D eigenvalue weighted by molar-refractivity contribution is 5.76.